The molecule has 176 valence electrons. The number of alkyl halides is 2. The summed E-state index contributed by atoms with van der Waals surface area (Å²) in [6.07, 6.45) is -3.20. The van der Waals surface area contributed by atoms with Crippen LogP contribution < -0.4 is 15.4 Å². The van der Waals surface area contributed by atoms with Crippen LogP contribution in [0.15, 0.2) is 60.0 Å². The van der Waals surface area contributed by atoms with Crippen LogP contribution >= 0.6 is 0 Å². The standard InChI is InChI=1S/C24H27F2N3O4/c1-13(2)17-6-5-7-18(12-17)33-23(28-4)19(20(27)21(25)26)22(30)29-14(3)15-8-10-16(11-9-15)24(31)32/h5-14,21,27-28H,1-4H3,(H,29,30)(H,31,32)/b23-19-,27-20?. The number of carboxylic acid groups (broad SMARTS) is 1. The van der Waals surface area contributed by atoms with Gasteiger partial charge in [-0.1, -0.05) is 38.1 Å². The lowest BCUT2D eigenvalue weighted by Crippen LogP contribution is -2.36. The van der Waals surface area contributed by atoms with Gasteiger partial charge in [0.25, 0.3) is 12.3 Å². The monoisotopic (exact) mass is 459 g/mol. The molecule has 2 aromatic carbocycles. The fourth-order valence-corrected chi connectivity index (χ4v) is 3.01. The molecule has 7 nitrogen and oxygen atoms in total. The molecule has 1 amide bonds. The van der Waals surface area contributed by atoms with Crippen LogP contribution in [0, 0.1) is 5.41 Å². The van der Waals surface area contributed by atoms with Crippen molar-refractivity contribution in [2.24, 2.45) is 0 Å². The number of amides is 1. The first-order chi connectivity index (χ1) is 15.5. The Kier molecular flexibility index (Phi) is 8.67. The zero-order chi connectivity index (χ0) is 24.7. The number of benzene rings is 2. The molecule has 0 saturated heterocycles. The van der Waals surface area contributed by atoms with Crippen LogP contribution in [0.5, 0.6) is 5.75 Å². The molecule has 0 saturated carbocycles. The third kappa shape index (κ3) is 6.61. The van der Waals surface area contributed by atoms with Gasteiger partial charge in [-0.2, -0.15) is 0 Å². The fraction of sp³-hybridized carbons (Fsp3) is 0.292. The predicted molar refractivity (Wildman–Crippen MR) is 121 cm³/mol. The smallest absolute Gasteiger partial charge is 0.335 e. The second-order valence-electron chi connectivity index (χ2n) is 7.62. The lowest BCUT2D eigenvalue weighted by Gasteiger charge is -2.20. The predicted octanol–water partition coefficient (Wildman–Crippen LogP) is 4.48. The molecule has 0 radical (unpaired) electrons. The van der Waals surface area contributed by atoms with Crippen LogP contribution in [0.4, 0.5) is 8.78 Å². The van der Waals surface area contributed by atoms with Crippen molar-refractivity contribution in [1.82, 2.24) is 10.6 Å². The quantitative estimate of drug-likeness (QED) is 0.238. The SMILES string of the molecule is CN/C(Oc1cccc(C(C)C)c1)=C(\C(=N)C(F)F)C(=O)NC(C)c1ccc(C(=O)O)cc1. The summed E-state index contributed by atoms with van der Waals surface area (Å²) in [5.74, 6) is -1.78. The molecule has 0 fully saturated rings. The minimum atomic E-state index is -3.20. The fourth-order valence-electron chi connectivity index (χ4n) is 3.01. The molecule has 0 aliphatic carbocycles. The Bertz CT molecular complexity index is 1050. The van der Waals surface area contributed by atoms with Gasteiger partial charge in [-0.05, 0) is 48.2 Å². The van der Waals surface area contributed by atoms with Crippen LogP contribution in [0.2, 0.25) is 0 Å². The minimum Gasteiger partial charge on any atom is -0.478 e. The van der Waals surface area contributed by atoms with Gasteiger partial charge < -0.3 is 20.5 Å². The summed E-state index contributed by atoms with van der Waals surface area (Å²) in [4.78, 5) is 24.0. The van der Waals surface area contributed by atoms with Gasteiger partial charge in [0.1, 0.15) is 17.0 Å². The molecule has 2 aromatic rings. The first kappa shape index (κ1) is 25.5. The van der Waals surface area contributed by atoms with Crippen molar-refractivity contribution in [1.29, 1.82) is 5.41 Å². The van der Waals surface area contributed by atoms with Gasteiger partial charge >= 0.3 is 5.97 Å². The van der Waals surface area contributed by atoms with Gasteiger partial charge in [-0.25, -0.2) is 13.6 Å². The van der Waals surface area contributed by atoms with Crippen LogP contribution in [0.25, 0.3) is 0 Å². The largest absolute Gasteiger partial charge is 0.478 e. The van der Waals surface area contributed by atoms with Gasteiger partial charge in [0.05, 0.1) is 11.6 Å². The van der Waals surface area contributed by atoms with Crippen molar-refractivity contribution in [3.8, 4) is 5.75 Å². The van der Waals surface area contributed by atoms with Gasteiger partial charge in [-0.15, -0.1) is 0 Å². The Morgan fingerprint density at radius 1 is 1.03 bits per heavy atom. The third-order valence-electron chi connectivity index (χ3n) is 4.92. The average Bonchev–Trinajstić information content (AvgIpc) is 2.78. The van der Waals surface area contributed by atoms with Crippen LogP contribution in [-0.4, -0.2) is 36.2 Å². The molecule has 2 rings (SSSR count). The number of hydrogen-bond donors (Lipinski definition) is 4. The number of carbonyl (C=O) groups excluding carboxylic acids is 1. The number of nitrogens with one attached hydrogen (secondary N) is 3. The molecule has 0 aromatic heterocycles. The van der Waals surface area contributed by atoms with E-state index in [1.54, 1.807) is 25.1 Å². The molecule has 0 spiro atoms. The Morgan fingerprint density at radius 2 is 1.67 bits per heavy atom. The number of ether oxygens (including phenoxy) is 1. The Labute approximate surface area is 191 Å². The maximum absolute atomic E-state index is 13.4. The van der Waals surface area contributed by atoms with Crippen LogP contribution in [-0.2, 0) is 4.79 Å². The second-order valence-corrected chi connectivity index (χ2v) is 7.62. The molecule has 33 heavy (non-hydrogen) atoms. The van der Waals surface area contributed by atoms with E-state index in [9.17, 15) is 18.4 Å². The molecule has 1 unspecified atom stereocenters. The summed E-state index contributed by atoms with van der Waals surface area (Å²) < 4.78 is 32.6. The number of rotatable bonds is 10. The van der Waals surface area contributed by atoms with Crippen molar-refractivity contribution >= 4 is 17.6 Å². The van der Waals surface area contributed by atoms with Crippen LogP contribution in [0.3, 0.4) is 0 Å². The summed E-state index contributed by atoms with van der Waals surface area (Å²) in [6, 6.07) is 12.1. The van der Waals surface area contributed by atoms with E-state index >= 15 is 0 Å². The van der Waals surface area contributed by atoms with Crippen LogP contribution in [0.1, 0.15) is 54.2 Å². The van der Waals surface area contributed by atoms with Crippen molar-refractivity contribution in [2.75, 3.05) is 7.05 Å². The van der Waals surface area contributed by atoms with E-state index in [1.165, 1.54) is 31.3 Å². The highest BCUT2D eigenvalue weighted by Crippen LogP contribution is 2.23. The van der Waals surface area contributed by atoms with E-state index in [2.05, 4.69) is 10.6 Å². The maximum Gasteiger partial charge on any atom is 0.335 e. The molecule has 0 heterocycles. The highest BCUT2D eigenvalue weighted by atomic mass is 19.3. The third-order valence-corrected chi connectivity index (χ3v) is 4.92. The van der Waals surface area contributed by atoms with E-state index in [0.29, 0.717) is 11.3 Å². The Hall–Kier alpha value is -3.75. The molecular weight excluding hydrogens is 432 g/mol. The topological polar surface area (TPSA) is 112 Å². The summed E-state index contributed by atoms with van der Waals surface area (Å²) in [7, 11) is 1.40. The van der Waals surface area contributed by atoms with Gasteiger partial charge in [-0.3, -0.25) is 10.2 Å². The number of carboxylic acids is 1. The summed E-state index contributed by atoms with van der Waals surface area (Å²) in [6.45, 7) is 5.59. The zero-order valence-corrected chi connectivity index (χ0v) is 18.8. The first-order valence-electron chi connectivity index (χ1n) is 10.3. The Balaban J connectivity index is 2.37. The number of carbonyl (C=O) groups is 2. The number of aromatic carboxylic acids is 1. The molecule has 1 atom stereocenters. The highest BCUT2D eigenvalue weighted by molar-refractivity contribution is 6.22. The molecule has 0 aliphatic rings. The van der Waals surface area contributed by atoms with E-state index in [0.717, 1.165) is 5.56 Å². The second kappa shape index (κ2) is 11.2. The van der Waals surface area contributed by atoms with E-state index in [1.807, 2.05) is 19.9 Å². The molecule has 4 N–H and O–H groups in total. The molecule has 0 aliphatic heterocycles. The van der Waals surface area contributed by atoms with Crippen molar-refractivity contribution in [3.63, 3.8) is 0 Å². The highest BCUT2D eigenvalue weighted by Gasteiger charge is 2.29. The molecule has 9 heteroatoms. The van der Waals surface area contributed by atoms with Crippen molar-refractivity contribution in [3.05, 3.63) is 76.7 Å². The minimum absolute atomic E-state index is 0.0758. The van der Waals surface area contributed by atoms with Crippen molar-refractivity contribution in [2.45, 2.75) is 39.2 Å². The molecular formula is C24H27F2N3O4. The van der Waals surface area contributed by atoms with Gasteiger partial charge in [0.15, 0.2) is 0 Å². The van der Waals surface area contributed by atoms with E-state index < -0.39 is 35.6 Å². The maximum atomic E-state index is 13.4. The summed E-state index contributed by atoms with van der Waals surface area (Å²) >= 11 is 0. The lowest BCUT2D eigenvalue weighted by molar-refractivity contribution is -0.117. The van der Waals surface area contributed by atoms with E-state index in [4.69, 9.17) is 15.3 Å². The van der Waals surface area contributed by atoms with Gasteiger partial charge in [0, 0.05) is 7.05 Å². The summed E-state index contributed by atoms with van der Waals surface area (Å²) in [5, 5.41) is 22.0. The van der Waals surface area contributed by atoms with E-state index in [-0.39, 0.29) is 17.4 Å². The summed E-state index contributed by atoms with van der Waals surface area (Å²) in [5.41, 5.74) is -0.224. The Morgan fingerprint density at radius 3 is 2.18 bits per heavy atom. The molecule has 0 bridgehead atoms. The normalized spacial score (nSPS) is 12.7. The first-order valence-corrected chi connectivity index (χ1v) is 10.3. The number of halogens is 2. The average molecular weight is 459 g/mol. The lowest BCUT2D eigenvalue weighted by atomic mass is 10.0. The zero-order valence-electron chi connectivity index (χ0n) is 18.8. The van der Waals surface area contributed by atoms with Gasteiger partial charge in [0.2, 0.25) is 5.88 Å². The number of hydrogen-bond acceptors (Lipinski definition) is 5. The van der Waals surface area contributed by atoms with Crippen molar-refractivity contribution < 1.29 is 28.2 Å².